The standard InChI is InChI=1S/C13H25N3O4/c1-8(2)13(3,4)7-15-12(20)16-9(11(18)19)5-6-10(14)17/h8-9H,5-7H2,1-4H3,(H2,14,17)(H,18,19)(H2,15,16,20)/t9-/m1/s1. The summed E-state index contributed by atoms with van der Waals surface area (Å²) >= 11 is 0. The Morgan fingerprint density at radius 3 is 2.20 bits per heavy atom. The molecule has 3 amide bonds. The Kier molecular flexibility index (Phi) is 7.02. The van der Waals surface area contributed by atoms with E-state index in [9.17, 15) is 14.4 Å². The predicted molar refractivity (Wildman–Crippen MR) is 75.0 cm³/mol. The number of primary amides is 1. The van der Waals surface area contributed by atoms with Crippen molar-refractivity contribution in [2.75, 3.05) is 6.54 Å². The highest BCUT2D eigenvalue weighted by Gasteiger charge is 2.25. The van der Waals surface area contributed by atoms with Gasteiger partial charge in [-0.2, -0.15) is 0 Å². The maximum atomic E-state index is 11.7. The molecule has 0 spiro atoms. The second-order valence-electron chi connectivity index (χ2n) is 5.87. The van der Waals surface area contributed by atoms with Crippen molar-refractivity contribution in [3.63, 3.8) is 0 Å². The lowest BCUT2D eigenvalue weighted by molar-refractivity contribution is -0.139. The van der Waals surface area contributed by atoms with Gasteiger partial charge in [-0.1, -0.05) is 27.7 Å². The average Bonchev–Trinajstić information content (AvgIpc) is 2.31. The minimum atomic E-state index is -1.19. The van der Waals surface area contributed by atoms with Gasteiger partial charge in [0.2, 0.25) is 5.91 Å². The number of hydrogen-bond acceptors (Lipinski definition) is 3. The highest BCUT2D eigenvalue weighted by atomic mass is 16.4. The van der Waals surface area contributed by atoms with E-state index < -0.39 is 23.9 Å². The minimum Gasteiger partial charge on any atom is -0.480 e. The van der Waals surface area contributed by atoms with Crippen LogP contribution in [0.5, 0.6) is 0 Å². The van der Waals surface area contributed by atoms with Gasteiger partial charge in [0.05, 0.1) is 0 Å². The molecule has 0 heterocycles. The van der Waals surface area contributed by atoms with E-state index in [0.717, 1.165) is 0 Å². The van der Waals surface area contributed by atoms with E-state index in [-0.39, 0.29) is 18.3 Å². The van der Waals surface area contributed by atoms with E-state index in [4.69, 9.17) is 10.8 Å². The Bertz CT molecular complexity index is 367. The molecule has 0 unspecified atom stereocenters. The molecule has 116 valence electrons. The molecule has 0 aliphatic carbocycles. The van der Waals surface area contributed by atoms with Gasteiger partial charge < -0.3 is 21.5 Å². The Hall–Kier alpha value is -1.79. The van der Waals surface area contributed by atoms with Gasteiger partial charge in [-0.15, -0.1) is 0 Å². The van der Waals surface area contributed by atoms with Crippen LogP contribution in [0, 0.1) is 11.3 Å². The van der Waals surface area contributed by atoms with Crippen LogP contribution in [0.2, 0.25) is 0 Å². The number of amides is 3. The van der Waals surface area contributed by atoms with Gasteiger partial charge in [-0.3, -0.25) is 4.79 Å². The normalized spacial score (nSPS) is 12.8. The highest BCUT2D eigenvalue weighted by molar-refractivity contribution is 5.83. The number of urea groups is 1. The third kappa shape index (κ3) is 6.96. The zero-order valence-electron chi connectivity index (χ0n) is 12.5. The number of nitrogens with one attached hydrogen (secondary N) is 2. The average molecular weight is 287 g/mol. The lowest BCUT2D eigenvalue weighted by atomic mass is 9.81. The number of carbonyl (C=O) groups is 3. The number of carboxylic acid groups (broad SMARTS) is 1. The summed E-state index contributed by atoms with van der Waals surface area (Å²) in [6, 6.07) is -1.68. The van der Waals surface area contributed by atoms with Crippen LogP contribution in [-0.4, -0.2) is 35.6 Å². The summed E-state index contributed by atoms with van der Waals surface area (Å²) in [4.78, 5) is 33.3. The zero-order valence-corrected chi connectivity index (χ0v) is 12.5. The molecule has 0 radical (unpaired) electrons. The van der Waals surface area contributed by atoms with Gasteiger partial charge in [0.1, 0.15) is 6.04 Å². The summed E-state index contributed by atoms with van der Waals surface area (Å²) in [7, 11) is 0. The number of rotatable bonds is 8. The molecular formula is C13H25N3O4. The Labute approximate surface area is 119 Å². The van der Waals surface area contributed by atoms with Crippen molar-refractivity contribution in [3.8, 4) is 0 Å². The Morgan fingerprint density at radius 1 is 1.25 bits per heavy atom. The zero-order chi connectivity index (χ0) is 15.9. The van der Waals surface area contributed by atoms with E-state index in [1.54, 1.807) is 0 Å². The van der Waals surface area contributed by atoms with Crippen LogP contribution in [0.4, 0.5) is 4.79 Å². The van der Waals surface area contributed by atoms with Crippen molar-refractivity contribution >= 4 is 17.9 Å². The van der Waals surface area contributed by atoms with Crippen LogP contribution in [0.1, 0.15) is 40.5 Å². The molecule has 0 aliphatic heterocycles. The molecule has 0 aromatic heterocycles. The molecule has 0 rings (SSSR count). The topological polar surface area (TPSA) is 122 Å². The van der Waals surface area contributed by atoms with Gasteiger partial charge in [0.15, 0.2) is 0 Å². The molecule has 0 aromatic rings. The second-order valence-corrected chi connectivity index (χ2v) is 5.87. The molecular weight excluding hydrogens is 262 g/mol. The maximum absolute atomic E-state index is 11.7. The van der Waals surface area contributed by atoms with Crippen molar-refractivity contribution in [1.29, 1.82) is 0 Å². The van der Waals surface area contributed by atoms with E-state index in [0.29, 0.717) is 12.5 Å². The molecule has 7 nitrogen and oxygen atoms in total. The number of carbonyl (C=O) groups excluding carboxylic acids is 2. The van der Waals surface area contributed by atoms with Gasteiger partial charge >= 0.3 is 12.0 Å². The highest BCUT2D eigenvalue weighted by Crippen LogP contribution is 2.24. The molecule has 0 saturated heterocycles. The maximum Gasteiger partial charge on any atom is 0.326 e. The van der Waals surface area contributed by atoms with E-state index in [2.05, 4.69) is 10.6 Å². The lowest BCUT2D eigenvalue weighted by Crippen LogP contribution is -2.48. The number of nitrogens with two attached hydrogens (primary N) is 1. The predicted octanol–water partition coefficient (Wildman–Crippen LogP) is 0.687. The second kappa shape index (κ2) is 7.72. The van der Waals surface area contributed by atoms with Crippen molar-refractivity contribution < 1.29 is 19.5 Å². The summed E-state index contributed by atoms with van der Waals surface area (Å²) in [6.07, 6.45) is -0.111. The summed E-state index contributed by atoms with van der Waals surface area (Å²) in [6.45, 7) is 8.55. The number of aliphatic carboxylic acids is 1. The lowest BCUT2D eigenvalue weighted by Gasteiger charge is -2.29. The van der Waals surface area contributed by atoms with Crippen LogP contribution >= 0.6 is 0 Å². The van der Waals surface area contributed by atoms with E-state index >= 15 is 0 Å². The quantitative estimate of drug-likeness (QED) is 0.524. The van der Waals surface area contributed by atoms with Gasteiger partial charge in [-0.25, -0.2) is 9.59 Å². The number of hydrogen-bond donors (Lipinski definition) is 4. The first-order valence-corrected chi connectivity index (χ1v) is 6.61. The fraction of sp³-hybridized carbons (Fsp3) is 0.769. The van der Waals surface area contributed by atoms with E-state index in [1.165, 1.54) is 0 Å². The minimum absolute atomic E-state index is 0.0222. The van der Waals surface area contributed by atoms with Crippen LogP contribution in [0.3, 0.4) is 0 Å². The first kappa shape index (κ1) is 18.2. The molecule has 20 heavy (non-hydrogen) atoms. The first-order chi connectivity index (χ1) is 9.06. The van der Waals surface area contributed by atoms with Gasteiger partial charge in [-0.05, 0) is 17.8 Å². The smallest absolute Gasteiger partial charge is 0.326 e. The van der Waals surface area contributed by atoms with Crippen molar-refractivity contribution in [2.45, 2.75) is 46.6 Å². The molecule has 1 atom stereocenters. The third-order valence-electron chi connectivity index (χ3n) is 3.55. The van der Waals surface area contributed by atoms with Gasteiger partial charge in [0, 0.05) is 13.0 Å². The fourth-order valence-corrected chi connectivity index (χ4v) is 1.27. The van der Waals surface area contributed by atoms with E-state index in [1.807, 2.05) is 27.7 Å². The van der Waals surface area contributed by atoms with Crippen LogP contribution in [-0.2, 0) is 9.59 Å². The third-order valence-corrected chi connectivity index (χ3v) is 3.55. The summed E-state index contributed by atoms with van der Waals surface area (Å²) < 4.78 is 0. The monoisotopic (exact) mass is 287 g/mol. The molecule has 0 aromatic carbocycles. The molecule has 0 aliphatic rings. The molecule has 0 fully saturated rings. The largest absolute Gasteiger partial charge is 0.480 e. The molecule has 0 saturated carbocycles. The van der Waals surface area contributed by atoms with Crippen LogP contribution in [0.25, 0.3) is 0 Å². The SMILES string of the molecule is CC(C)C(C)(C)CNC(=O)N[C@H](CCC(N)=O)C(=O)O. The summed E-state index contributed by atoms with van der Waals surface area (Å²) in [5, 5.41) is 13.9. The first-order valence-electron chi connectivity index (χ1n) is 6.61. The summed E-state index contributed by atoms with van der Waals surface area (Å²) in [5.74, 6) is -1.42. The number of carboxylic acids is 1. The Morgan fingerprint density at radius 2 is 1.80 bits per heavy atom. The molecule has 0 bridgehead atoms. The Balaban J connectivity index is 4.33. The van der Waals surface area contributed by atoms with Crippen LogP contribution < -0.4 is 16.4 Å². The van der Waals surface area contributed by atoms with Crippen LogP contribution in [0.15, 0.2) is 0 Å². The molecule has 5 N–H and O–H groups in total. The van der Waals surface area contributed by atoms with Gasteiger partial charge in [0.25, 0.3) is 0 Å². The fourth-order valence-electron chi connectivity index (χ4n) is 1.27. The molecule has 7 heteroatoms. The van der Waals surface area contributed by atoms with Crippen molar-refractivity contribution in [3.05, 3.63) is 0 Å². The van der Waals surface area contributed by atoms with Crippen molar-refractivity contribution in [1.82, 2.24) is 10.6 Å². The van der Waals surface area contributed by atoms with Crippen molar-refractivity contribution in [2.24, 2.45) is 17.1 Å². The summed E-state index contributed by atoms with van der Waals surface area (Å²) in [5.41, 5.74) is 4.87.